The highest BCUT2D eigenvalue weighted by Gasteiger charge is 2.29. The third-order valence-electron chi connectivity index (χ3n) is 2.74. The van der Waals surface area contributed by atoms with Crippen molar-refractivity contribution < 1.29 is 4.92 Å². The van der Waals surface area contributed by atoms with E-state index in [0.717, 1.165) is 19.5 Å². The molecule has 0 spiro atoms. The van der Waals surface area contributed by atoms with Crippen molar-refractivity contribution in [3.63, 3.8) is 0 Å². The third kappa shape index (κ3) is 1.75. The summed E-state index contributed by atoms with van der Waals surface area (Å²) in [4.78, 5) is 19.9. The zero-order valence-electron chi connectivity index (χ0n) is 8.96. The number of nitrogens with zero attached hydrogens (tertiary/aromatic N) is 4. The van der Waals surface area contributed by atoms with Crippen molar-refractivity contribution in [3.8, 4) is 0 Å². The van der Waals surface area contributed by atoms with E-state index in [1.54, 1.807) is 0 Å². The van der Waals surface area contributed by atoms with Crippen molar-refractivity contribution in [3.05, 3.63) is 16.4 Å². The maximum absolute atomic E-state index is 10.9. The number of nitrogen functional groups attached to an aromatic ring is 1. The van der Waals surface area contributed by atoms with E-state index in [-0.39, 0.29) is 11.5 Å². The number of hydrogen-bond donors (Lipinski definition) is 1. The minimum Gasteiger partial charge on any atom is -0.378 e. The molecule has 0 bridgehead atoms. The molecule has 1 saturated heterocycles. The molecule has 1 unspecified atom stereocenters. The van der Waals surface area contributed by atoms with Gasteiger partial charge in [0.2, 0.25) is 11.6 Å². The molecule has 7 nitrogen and oxygen atoms in total. The fraction of sp³-hybridized carbons (Fsp3) is 0.556. The summed E-state index contributed by atoms with van der Waals surface area (Å²) in [7, 11) is 0. The molecular weight excluding hydrogens is 210 g/mol. The van der Waals surface area contributed by atoms with Crippen molar-refractivity contribution in [2.75, 3.05) is 23.7 Å². The van der Waals surface area contributed by atoms with Gasteiger partial charge in [0, 0.05) is 13.1 Å². The molecule has 1 fully saturated rings. The highest BCUT2D eigenvalue weighted by molar-refractivity contribution is 5.68. The van der Waals surface area contributed by atoms with Crippen LogP contribution < -0.4 is 10.6 Å². The molecule has 1 aromatic rings. The van der Waals surface area contributed by atoms with E-state index in [2.05, 4.69) is 16.9 Å². The van der Waals surface area contributed by atoms with Crippen LogP contribution in [0.3, 0.4) is 0 Å². The van der Waals surface area contributed by atoms with Crippen LogP contribution in [0, 0.1) is 16.0 Å². The fourth-order valence-electron chi connectivity index (χ4n) is 1.92. The molecular formula is C9H13N5O2. The summed E-state index contributed by atoms with van der Waals surface area (Å²) in [6.07, 6.45) is 2.28. The molecule has 1 atom stereocenters. The second-order valence-electron chi connectivity index (χ2n) is 4.03. The molecule has 2 rings (SSSR count). The zero-order valence-corrected chi connectivity index (χ0v) is 8.96. The number of nitrogens with two attached hydrogens (primary N) is 1. The predicted octanol–water partition coefficient (Wildman–Crippen LogP) is 0.813. The van der Waals surface area contributed by atoms with Crippen molar-refractivity contribution >= 4 is 17.3 Å². The lowest BCUT2D eigenvalue weighted by atomic mass is 10.2. The lowest BCUT2D eigenvalue weighted by molar-refractivity contribution is -0.383. The lowest BCUT2D eigenvalue weighted by Crippen LogP contribution is -2.22. The lowest BCUT2D eigenvalue weighted by Gasteiger charge is -2.16. The molecule has 0 amide bonds. The van der Waals surface area contributed by atoms with Gasteiger partial charge in [0.15, 0.2) is 0 Å². The molecule has 1 aliphatic heterocycles. The Labute approximate surface area is 92.4 Å². The minimum atomic E-state index is -0.520. The van der Waals surface area contributed by atoms with Crippen molar-refractivity contribution in [1.29, 1.82) is 0 Å². The Morgan fingerprint density at radius 1 is 1.62 bits per heavy atom. The quantitative estimate of drug-likeness (QED) is 0.588. The van der Waals surface area contributed by atoms with E-state index < -0.39 is 4.92 Å². The van der Waals surface area contributed by atoms with Gasteiger partial charge in [-0.15, -0.1) is 0 Å². The summed E-state index contributed by atoms with van der Waals surface area (Å²) in [5.74, 6) is 0.784. The Morgan fingerprint density at radius 3 is 2.94 bits per heavy atom. The summed E-state index contributed by atoms with van der Waals surface area (Å²) in [6.45, 7) is 3.66. The van der Waals surface area contributed by atoms with Crippen LogP contribution >= 0.6 is 0 Å². The van der Waals surface area contributed by atoms with Crippen LogP contribution in [-0.2, 0) is 0 Å². The van der Waals surface area contributed by atoms with Gasteiger partial charge in [-0.3, -0.25) is 10.1 Å². The highest BCUT2D eigenvalue weighted by atomic mass is 16.6. The van der Waals surface area contributed by atoms with Gasteiger partial charge in [0.05, 0.1) is 4.92 Å². The molecule has 0 aliphatic carbocycles. The number of nitro groups is 1. The van der Waals surface area contributed by atoms with Crippen molar-refractivity contribution in [2.24, 2.45) is 5.92 Å². The Hall–Kier alpha value is -1.92. The first kappa shape index (κ1) is 10.6. The van der Waals surface area contributed by atoms with Crippen molar-refractivity contribution in [2.45, 2.75) is 13.3 Å². The van der Waals surface area contributed by atoms with Crippen LogP contribution in [-0.4, -0.2) is 28.0 Å². The summed E-state index contributed by atoms with van der Waals surface area (Å²) in [5, 5.41) is 10.9. The van der Waals surface area contributed by atoms with E-state index >= 15 is 0 Å². The first-order valence-corrected chi connectivity index (χ1v) is 5.09. The van der Waals surface area contributed by atoms with Crippen molar-refractivity contribution in [1.82, 2.24) is 9.97 Å². The van der Waals surface area contributed by atoms with Gasteiger partial charge in [-0.1, -0.05) is 6.92 Å². The van der Waals surface area contributed by atoms with Gasteiger partial charge < -0.3 is 10.6 Å². The van der Waals surface area contributed by atoms with E-state index in [4.69, 9.17) is 5.73 Å². The second-order valence-corrected chi connectivity index (χ2v) is 4.03. The topological polar surface area (TPSA) is 98.2 Å². The Kier molecular flexibility index (Phi) is 2.59. The second kappa shape index (κ2) is 3.92. The summed E-state index contributed by atoms with van der Waals surface area (Å²) < 4.78 is 0. The average molecular weight is 223 g/mol. The van der Waals surface area contributed by atoms with Crippen LogP contribution in [0.25, 0.3) is 0 Å². The summed E-state index contributed by atoms with van der Waals surface area (Å²) in [6, 6.07) is 0. The molecule has 1 aliphatic rings. The van der Waals surface area contributed by atoms with Crippen LogP contribution in [0.2, 0.25) is 0 Å². The van der Waals surface area contributed by atoms with Gasteiger partial charge >= 0.3 is 5.69 Å². The molecule has 0 aromatic carbocycles. The number of aromatic nitrogens is 2. The maximum atomic E-state index is 10.9. The standard InChI is InChI=1S/C9H13N5O2/c1-6-2-3-13(4-6)9-7(14(15)16)8(10)11-5-12-9/h5-6H,2-4H2,1H3,(H2,10,11,12). The Balaban J connectivity index is 2.40. The van der Waals surface area contributed by atoms with Crippen LogP contribution in [0.4, 0.5) is 17.3 Å². The number of hydrogen-bond acceptors (Lipinski definition) is 6. The van der Waals surface area contributed by atoms with E-state index in [1.165, 1.54) is 6.33 Å². The monoisotopic (exact) mass is 223 g/mol. The molecule has 2 heterocycles. The van der Waals surface area contributed by atoms with Crippen LogP contribution in [0.5, 0.6) is 0 Å². The SMILES string of the molecule is CC1CCN(c2ncnc(N)c2[N+](=O)[O-])C1. The molecule has 0 saturated carbocycles. The number of rotatable bonds is 2. The first-order valence-electron chi connectivity index (χ1n) is 5.09. The average Bonchev–Trinajstić information content (AvgIpc) is 2.63. The number of anilines is 2. The van der Waals surface area contributed by atoms with Gasteiger partial charge in [-0.05, 0) is 12.3 Å². The summed E-state index contributed by atoms with van der Waals surface area (Å²) >= 11 is 0. The minimum absolute atomic E-state index is 0.0745. The first-order chi connectivity index (χ1) is 7.59. The maximum Gasteiger partial charge on any atom is 0.353 e. The fourth-order valence-corrected chi connectivity index (χ4v) is 1.92. The van der Waals surface area contributed by atoms with E-state index in [9.17, 15) is 10.1 Å². The van der Waals surface area contributed by atoms with E-state index in [0.29, 0.717) is 11.7 Å². The highest BCUT2D eigenvalue weighted by Crippen LogP contribution is 2.32. The largest absolute Gasteiger partial charge is 0.378 e. The Bertz CT molecular complexity index is 422. The molecule has 16 heavy (non-hydrogen) atoms. The summed E-state index contributed by atoms with van der Waals surface area (Å²) in [5.41, 5.74) is 5.32. The van der Waals surface area contributed by atoms with Crippen LogP contribution in [0.15, 0.2) is 6.33 Å². The zero-order chi connectivity index (χ0) is 11.7. The van der Waals surface area contributed by atoms with Gasteiger partial charge in [-0.25, -0.2) is 9.97 Å². The van der Waals surface area contributed by atoms with Gasteiger partial charge in [0.1, 0.15) is 6.33 Å². The smallest absolute Gasteiger partial charge is 0.353 e. The van der Waals surface area contributed by atoms with E-state index in [1.807, 2.05) is 4.90 Å². The molecule has 7 heteroatoms. The third-order valence-corrected chi connectivity index (χ3v) is 2.74. The normalized spacial score (nSPS) is 20.1. The Morgan fingerprint density at radius 2 is 2.38 bits per heavy atom. The van der Waals surface area contributed by atoms with Gasteiger partial charge in [-0.2, -0.15) is 0 Å². The molecule has 86 valence electrons. The van der Waals surface area contributed by atoms with Crippen LogP contribution in [0.1, 0.15) is 13.3 Å². The predicted molar refractivity (Wildman–Crippen MR) is 59.1 cm³/mol. The molecule has 0 radical (unpaired) electrons. The molecule has 2 N–H and O–H groups in total. The van der Waals surface area contributed by atoms with Gasteiger partial charge in [0.25, 0.3) is 0 Å². The molecule has 1 aromatic heterocycles.